The van der Waals surface area contributed by atoms with Crippen LogP contribution in [0.25, 0.3) is 0 Å². The summed E-state index contributed by atoms with van der Waals surface area (Å²) < 4.78 is 12.5. The maximum absolute atomic E-state index is 12.2. The van der Waals surface area contributed by atoms with Gasteiger partial charge in [0.25, 0.3) is 0 Å². The van der Waals surface area contributed by atoms with E-state index in [1.54, 1.807) is 13.0 Å². The normalized spacial score (nSPS) is 16.1. The summed E-state index contributed by atoms with van der Waals surface area (Å²) in [7, 11) is 0. The second-order valence-corrected chi connectivity index (χ2v) is 7.51. The van der Waals surface area contributed by atoms with Gasteiger partial charge in [-0.3, -0.25) is 4.79 Å². The average Bonchev–Trinajstić information content (AvgIpc) is 2.67. The molecule has 0 bridgehead atoms. The number of hydrogen-bond acceptors (Lipinski definition) is 4. The molecule has 1 unspecified atom stereocenters. The van der Waals surface area contributed by atoms with Crippen molar-refractivity contribution in [1.29, 1.82) is 0 Å². The van der Waals surface area contributed by atoms with Crippen molar-refractivity contribution in [3.63, 3.8) is 0 Å². The van der Waals surface area contributed by atoms with Crippen LogP contribution in [0.15, 0.2) is 58.2 Å². The lowest BCUT2D eigenvalue weighted by Gasteiger charge is -2.29. The smallest absolute Gasteiger partial charge is 0.319 e. The van der Waals surface area contributed by atoms with Crippen molar-refractivity contribution in [2.45, 2.75) is 33.4 Å². The molecular formula is C22H23BrN2O4. The summed E-state index contributed by atoms with van der Waals surface area (Å²) in [6.07, 6.45) is 0. The van der Waals surface area contributed by atoms with Crippen LogP contribution in [0.5, 0.6) is 11.5 Å². The van der Waals surface area contributed by atoms with Crippen molar-refractivity contribution in [3.05, 3.63) is 69.3 Å². The van der Waals surface area contributed by atoms with Gasteiger partial charge in [-0.1, -0.05) is 46.3 Å². The molecule has 0 spiro atoms. The minimum absolute atomic E-state index is 0.116. The number of carbonyl (C=O) groups excluding carboxylic acids is 2. The van der Waals surface area contributed by atoms with E-state index in [4.69, 9.17) is 9.47 Å². The minimum atomic E-state index is -0.585. The molecule has 1 aliphatic heterocycles. The molecule has 1 aliphatic rings. The molecule has 0 saturated heterocycles. The fourth-order valence-corrected chi connectivity index (χ4v) is 3.83. The molecule has 152 valence electrons. The Labute approximate surface area is 178 Å². The van der Waals surface area contributed by atoms with Crippen molar-refractivity contribution in [2.75, 3.05) is 6.61 Å². The number of carbonyl (C=O) groups is 2. The number of ether oxygens (including phenoxy) is 2. The zero-order chi connectivity index (χ0) is 21.0. The molecule has 2 amide bonds. The first-order valence-corrected chi connectivity index (χ1v) is 10.1. The van der Waals surface area contributed by atoms with Crippen LogP contribution >= 0.6 is 15.9 Å². The van der Waals surface area contributed by atoms with Gasteiger partial charge >= 0.3 is 6.03 Å². The van der Waals surface area contributed by atoms with Gasteiger partial charge in [0.2, 0.25) is 0 Å². The summed E-state index contributed by atoms with van der Waals surface area (Å²) in [6, 6.07) is 12.5. The Kier molecular flexibility index (Phi) is 6.59. The van der Waals surface area contributed by atoms with Gasteiger partial charge in [-0.15, -0.1) is 0 Å². The lowest BCUT2D eigenvalue weighted by Crippen LogP contribution is -2.44. The summed E-state index contributed by atoms with van der Waals surface area (Å²) in [5.74, 6) is 1.01. The number of urea groups is 1. The van der Waals surface area contributed by atoms with Crippen LogP contribution in [0.3, 0.4) is 0 Å². The first-order chi connectivity index (χ1) is 13.9. The first kappa shape index (κ1) is 20.9. The highest BCUT2D eigenvalue weighted by Crippen LogP contribution is 2.40. The molecule has 3 rings (SSSR count). The van der Waals surface area contributed by atoms with E-state index in [0.717, 1.165) is 11.1 Å². The van der Waals surface area contributed by atoms with E-state index >= 15 is 0 Å². The van der Waals surface area contributed by atoms with Gasteiger partial charge in [-0.25, -0.2) is 4.79 Å². The minimum Gasteiger partial charge on any atom is -0.490 e. The summed E-state index contributed by atoms with van der Waals surface area (Å²) in [5.41, 5.74) is 2.81. The largest absolute Gasteiger partial charge is 0.490 e. The molecule has 2 N–H and O–H groups in total. The van der Waals surface area contributed by atoms with E-state index in [2.05, 4.69) is 26.6 Å². The van der Waals surface area contributed by atoms with E-state index in [1.807, 2.05) is 43.3 Å². The Hall–Kier alpha value is -2.80. The topological polar surface area (TPSA) is 76.7 Å². The second kappa shape index (κ2) is 9.13. The van der Waals surface area contributed by atoms with Crippen LogP contribution < -0.4 is 20.1 Å². The second-order valence-electron chi connectivity index (χ2n) is 6.65. The summed E-state index contributed by atoms with van der Waals surface area (Å²) in [6.45, 7) is 5.95. The number of halogens is 1. The Morgan fingerprint density at radius 2 is 1.83 bits per heavy atom. The molecule has 0 radical (unpaired) electrons. The highest BCUT2D eigenvalue weighted by molar-refractivity contribution is 9.10. The van der Waals surface area contributed by atoms with E-state index in [0.29, 0.717) is 40.5 Å². The predicted octanol–water partition coefficient (Wildman–Crippen LogP) is 4.64. The maximum Gasteiger partial charge on any atom is 0.319 e. The zero-order valence-electron chi connectivity index (χ0n) is 16.5. The average molecular weight is 459 g/mol. The third-order valence-electron chi connectivity index (χ3n) is 4.56. The molecule has 2 aromatic rings. The number of ketones is 1. The number of Topliss-reactive ketones (excluding diaryl/α,β-unsaturated/α-hetero) is 1. The monoisotopic (exact) mass is 458 g/mol. The lowest BCUT2D eigenvalue weighted by molar-refractivity contribution is -0.114. The summed E-state index contributed by atoms with van der Waals surface area (Å²) in [5, 5.41) is 5.48. The number of rotatable bonds is 7. The predicted molar refractivity (Wildman–Crippen MR) is 114 cm³/mol. The molecule has 6 nitrogen and oxygen atoms in total. The van der Waals surface area contributed by atoms with E-state index in [9.17, 15) is 9.59 Å². The number of amides is 2. The SMILES string of the molecule is CCOc1cc(C2NC(=O)NC(C)=C2C(C)=O)c(Br)cc1OCc1ccccc1. The van der Waals surface area contributed by atoms with Crippen molar-refractivity contribution >= 4 is 27.7 Å². The maximum atomic E-state index is 12.2. The quantitative estimate of drug-likeness (QED) is 0.633. The lowest BCUT2D eigenvalue weighted by atomic mass is 9.93. The standard InChI is InChI=1S/C22H23BrN2O4/c1-4-28-18-10-16(21-20(14(3)26)13(2)24-22(27)25-21)17(23)11-19(18)29-12-15-8-6-5-7-9-15/h5-11,21H,4,12H2,1-3H3,(H2,24,25,27). The van der Waals surface area contributed by atoms with Crippen LogP contribution in [0.2, 0.25) is 0 Å². The van der Waals surface area contributed by atoms with Crippen LogP contribution in [0.1, 0.15) is 37.9 Å². The molecule has 0 saturated carbocycles. The molecular weight excluding hydrogens is 436 g/mol. The van der Waals surface area contributed by atoms with Gasteiger partial charge < -0.3 is 20.1 Å². The third kappa shape index (κ3) is 4.79. The molecule has 2 aromatic carbocycles. The van der Waals surface area contributed by atoms with Crippen molar-refractivity contribution in [1.82, 2.24) is 10.6 Å². The van der Waals surface area contributed by atoms with Gasteiger partial charge in [-0.2, -0.15) is 0 Å². The van der Waals surface area contributed by atoms with Gasteiger partial charge in [0.05, 0.1) is 12.6 Å². The van der Waals surface area contributed by atoms with Crippen molar-refractivity contribution in [2.24, 2.45) is 0 Å². The van der Waals surface area contributed by atoms with E-state index in [1.165, 1.54) is 6.92 Å². The Morgan fingerprint density at radius 3 is 2.48 bits per heavy atom. The molecule has 1 heterocycles. The van der Waals surface area contributed by atoms with Crippen LogP contribution in [0, 0.1) is 0 Å². The van der Waals surface area contributed by atoms with E-state index < -0.39 is 6.04 Å². The van der Waals surface area contributed by atoms with Crippen LogP contribution in [0.4, 0.5) is 4.79 Å². The number of nitrogens with one attached hydrogen (secondary N) is 2. The fraction of sp³-hybridized carbons (Fsp3) is 0.273. The van der Waals surface area contributed by atoms with Crippen LogP contribution in [-0.4, -0.2) is 18.4 Å². The Bertz CT molecular complexity index is 957. The summed E-state index contributed by atoms with van der Waals surface area (Å²) in [4.78, 5) is 24.3. The van der Waals surface area contributed by atoms with Crippen LogP contribution in [-0.2, 0) is 11.4 Å². The third-order valence-corrected chi connectivity index (χ3v) is 5.25. The fourth-order valence-electron chi connectivity index (χ4n) is 3.28. The molecule has 0 fully saturated rings. The van der Waals surface area contributed by atoms with Gasteiger partial charge in [0.15, 0.2) is 17.3 Å². The Balaban J connectivity index is 1.98. The van der Waals surface area contributed by atoms with Gasteiger partial charge in [0.1, 0.15) is 6.61 Å². The van der Waals surface area contributed by atoms with Crippen molar-refractivity contribution < 1.29 is 19.1 Å². The number of hydrogen-bond donors (Lipinski definition) is 2. The molecule has 29 heavy (non-hydrogen) atoms. The molecule has 0 aromatic heterocycles. The molecule has 0 aliphatic carbocycles. The molecule has 7 heteroatoms. The highest BCUT2D eigenvalue weighted by atomic mass is 79.9. The number of allylic oxidation sites excluding steroid dienone is 1. The first-order valence-electron chi connectivity index (χ1n) is 9.32. The number of benzene rings is 2. The zero-order valence-corrected chi connectivity index (χ0v) is 18.1. The summed E-state index contributed by atoms with van der Waals surface area (Å²) >= 11 is 3.57. The van der Waals surface area contributed by atoms with Gasteiger partial charge in [-0.05, 0) is 44.0 Å². The Morgan fingerprint density at radius 1 is 1.14 bits per heavy atom. The van der Waals surface area contributed by atoms with E-state index in [-0.39, 0.29) is 11.8 Å². The molecule has 1 atom stereocenters. The van der Waals surface area contributed by atoms with Crippen molar-refractivity contribution in [3.8, 4) is 11.5 Å². The van der Waals surface area contributed by atoms with Gasteiger partial charge in [0, 0.05) is 15.7 Å². The highest BCUT2D eigenvalue weighted by Gasteiger charge is 2.31.